The lowest BCUT2D eigenvalue weighted by Crippen LogP contribution is -2.36. The number of carbonyl (C=O) groups is 1. The summed E-state index contributed by atoms with van der Waals surface area (Å²) in [7, 11) is 0. The van der Waals surface area contributed by atoms with Crippen LogP contribution in [0.25, 0.3) is 0 Å². The monoisotopic (exact) mass is 373 g/mol. The van der Waals surface area contributed by atoms with E-state index in [0.29, 0.717) is 12.2 Å². The summed E-state index contributed by atoms with van der Waals surface area (Å²) in [6.07, 6.45) is 1.78. The van der Waals surface area contributed by atoms with E-state index in [0.717, 1.165) is 23.5 Å². The molecule has 0 radical (unpaired) electrons. The molecular weight excluding hydrogens is 346 g/mol. The van der Waals surface area contributed by atoms with E-state index in [1.165, 1.54) is 0 Å². The van der Waals surface area contributed by atoms with E-state index in [4.69, 9.17) is 0 Å². The molecule has 0 bridgehead atoms. The molecule has 3 aromatic rings. The van der Waals surface area contributed by atoms with Crippen molar-refractivity contribution in [1.82, 2.24) is 9.88 Å². The van der Waals surface area contributed by atoms with Gasteiger partial charge in [0.15, 0.2) is 0 Å². The molecule has 1 amide bonds. The molecule has 144 valence electrons. The summed E-state index contributed by atoms with van der Waals surface area (Å²) in [6.45, 7) is 7.57. The number of benzene rings is 2. The van der Waals surface area contributed by atoms with Crippen LogP contribution in [0.2, 0.25) is 0 Å². The third-order valence-corrected chi connectivity index (χ3v) is 4.74. The van der Waals surface area contributed by atoms with E-state index in [2.05, 4.69) is 28.9 Å². The third kappa shape index (κ3) is 4.58. The lowest BCUT2D eigenvalue weighted by Gasteiger charge is -2.27. The fourth-order valence-electron chi connectivity index (χ4n) is 3.21. The average molecular weight is 374 g/mol. The average Bonchev–Trinajstić information content (AvgIpc) is 2.74. The molecule has 2 aromatic carbocycles. The predicted molar refractivity (Wildman–Crippen MR) is 115 cm³/mol. The van der Waals surface area contributed by atoms with Gasteiger partial charge < -0.3 is 9.80 Å². The lowest BCUT2D eigenvalue weighted by atomic mass is 10.1. The maximum atomic E-state index is 13.1. The van der Waals surface area contributed by atoms with Crippen molar-refractivity contribution >= 4 is 17.3 Å². The van der Waals surface area contributed by atoms with E-state index in [1.807, 2.05) is 79.4 Å². The van der Waals surface area contributed by atoms with Gasteiger partial charge in [-0.15, -0.1) is 0 Å². The largest absolute Gasteiger partial charge is 0.341 e. The Labute approximate surface area is 167 Å². The van der Waals surface area contributed by atoms with Crippen LogP contribution in [0, 0.1) is 0 Å². The fraction of sp³-hybridized carbons (Fsp3) is 0.250. The smallest absolute Gasteiger partial charge is 0.272 e. The Morgan fingerprint density at radius 2 is 1.54 bits per heavy atom. The molecule has 28 heavy (non-hydrogen) atoms. The number of aromatic nitrogens is 1. The number of hydrogen-bond donors (Lipinski definition) is 0. The van der Waals surface area contributed by atoms with Gasteiger partial charge in [-0.1, -0.05) is 48.5 Å². The quantitative estimate of drug-likeness (QED) is 0.564. The number of carbonyl (C=O) groups excluding carboxylic acids is 1. The van der Waals surface area contributed by atoms with Gasteiger partial charge in [0, 0.05) is 24.8 Å². The Morgan fingerprint density at radius 3 is 2.07 bits per heavy atom. The Morgan fingerprint density at radius 1 is 0.893 bits per heavy atom. The van der Waals surface area contributed by atoms with E-state index >= 15 is 0 Å². The summed E-state index contributed by atoms with van der Waals surface area (Å²) < 4.78 is 0. The van der Waals surface area contributed by atoms with Crippen molar-refractivity contribution in [2.75, 3.05) is 11.4 Å². The molecule has 0 aliphatic carbocycles. The lowest BCUT2D eigenvalue weighted by molar-refractivity contribution is 0.0684. The summed E-state index contributed by atoms with van der Waals surface area (Å²) in [4.78, 5) is 21.6. The third-order valence-electron chi connectivity index (χ3n) is 4.74. The fourth-order valence-corrected chi connectivity index (χ4v) is 3.21. The zero-order valence-corrected chi connectivity index (χ0v) is 16.7. The molecule has 0 aliphatic heterocycles. The van der Waals surface area contributed by atoms with Crippen molar-refractivity contribution in [3.63, 3.8) is 0 Å². The summed E-state index contributed by atoms with van der Waals surface area (Å²) in [5.41, 5.74) is 3.67. The first-order chi connectivity index (χ1) is 13.6. The normalized spacial score (nSPS) is 10.7. The van der Waals surface area contributed by atoms with E-state index < -0.39 is 0 Å². The zero-order chi connectivity index (χ0) is 19.9. The molecule has 4 heteroatoms. The zero-order valence-electron chi connectivity index (χ0n) is 16.7. The van der Waals surface area contributed by atoms with Crippen LogP contribution in [0.5, 0.6) is 0 Å². The maximum absolute atomic E-state index is 13.1. The van der Waals surface area contributed by atoms with Gasteiger partial charge in [0.05, 0.1) is 11.9 Å². The molecule has 0 aliphatic rings. The minimum Gasteiger partial charge on any atom is -0.341 e. The van der Waals surface area contributed by atoms with Crippen molar-refractivity contribution in [2.45, 2.75) is 33.4 Å². The molecule has 4 nitrogen and oxygen atoms in total. The standard InChI is InChI=1S/C24H27N3O/c1-4-26(21-13-9-6-10-14-21)22-15-16-23(25-17-22)24(28)27(19(2)3)18-20-11-7-5-8-12-20/h5-17,19H,4,18H2,1-3H3. The molecule has 0 spiro atoms. The first-order valence-corrected chi connectivity index (χ1v) is 9.73. The number of amides is 1. The minimum atomic E-state index is -0.0480. The summed E-state index contributed by atoms with van der Waals surface area (Å²) in [5.74, 6) is -0.0480. The summed E-state index contributed by atoms with van der Waals surface area (Å²) in [5, 5.41) is 0. The van der Waals surface area contributed by atoms with Gasteiger partial charge in [-0.2, -0.15) is 0 Å². The van der Waals surface area contributed by atoms with E-state index in [1.54, 1.807) is 6.20 Å². The molecule has 0 saturated heterocycles. The van der Waals surface area contributed by atoms with Crippen molar-refractivity contribution in [3.05, 3.63) is 90.3 Å². The number of hydrogen-bond acceptors (Lipinski definition) is 3. The highest BCUT2D eigenvalue weighted by Gasteiger charge is 2.20. The van der Waals surface area contributed by atoms with Crippen LogP contribution < -0.4 is 4.90 Å². The van der Waals surface area contributed by atoms with Crippen LogP contribution in [0.1, 0.15) is 36.8 Å². The molecule has 0 N–H and O–H groups in total. The highest BCUT2D eigenvalue weighted by atomic mass is 16.2. The van der Waals surface area contributed by atoms with Gasteiger partial charge in [0.2, 0.25) is 0 Å². The SMILES string of the molecule is CCN(c1ccccc1)c1ccc(C(=O)N(Cc2ccccc2)C(C)C)nc1. The second kappa shape index (κ2) is 9.18. The van der Waals surface area contributed by atoms with Crippen LogP contribution in [-0.4, -0.2) is 28.4 Å². The Kier molecular flexibility index (Phi) is 6.43. The first kappa shape index (κ1) is 19.6. The molecule has 0 saturated carbocycles. The van der Waals surface area contributed by atoms with Crippen LogP contribution >= 0.6 is 0 Å². The Bertz CT molecular complexity index is 877. The second-order valence-electron chi connectivity index (χ2n) is 6.99. The molecule has 0 atom stereocenters. The highest BCUT2D eigenvalue weighted by molar-refractivity contribution is 5.92. The Balaban J connectivity index is 1.80. The number of nitrogens with zero attached hydrogens (tertiary/aromatic N) is 3. The minimum absolute atomic E-state index is 0.0480. The molecule has 0 unspecified atom stereocenters. The van der Waals surface area contributed by atoms with Gasteiger partial charge >= 0.3 is 0 Å². The van der Waals surface area contributed by atoms with E-state index in [-0.39, 0.29) is 11.9 Å². The van der Waals surface area contributed by atoms with Crippen molar-refractivity contribution in [2.24, 2.45) is 0 Å². The number of para-hydroxylation sites is 1. The van der Waals surface area contributed by atoms with Gasteiger partial charge in [-0.3, -0.25) is 4.79 Å². The van der Waals surface area contributed by atoms with Crippen molar-refractivity contribution in [3.8, 4) is 0 Å². The number of pyridine rings is 1. The summed E-state index contributed by atoms with van der Waals surface area (Å²) in [6, 6.07) is 24.1. The van der Waals surface area contributed by atoms with Crippen LogP contribution in [-0.2, 0) is 6.54 Å². The van der Waals surface area contributed by atoms with E-state index in [9.17, 15) is 4.79 Å². The predicted octanol–water partition coefficient (Wildman–Crippen LogP) is 5.29. The Hall–Kier alpha value is -3.14. The van der Waals surface area contributed by atoms with Gasteiger partial charge in [0.25, 0.3) is 5.91 Å². The van der Waals surface area contributed by atoms with Gasteiger partial charge in [-0.25, -0.2) is 4.98 Å². The van der Waals surface area contributed by atoms with Crippen LogP contribution in [0.4, 0.5) is 11.4 Å². The van der Waals surface area contributed by atoms with Crippen LogP contribution in [0.15, 0.2) is 79.0 Å². The molecular formula is C24H27N3O. The first-order valence-electron chi connectivity index (χ1n) is 9.73. The summed E-state index contributed by atoms with van der Waals surface area (Å²) >= 11 is 0. The molecule has 1 heterocycles. The maximum Gasteiger partial charge on any atom is 0.272 e. The number of anilines is 2. The topological polar surface area (TPSA) is 36.4 Å². The van der Waals surface area contributed by atoms with Gasteiger partial charge in [-0.05, 0) is 50.6 Å². The molecule has 3 rings (SSSR count). The second-order valence-corrected chi connectivity index (χ2v) is 6.99. The molecule has 0 fully saturated rings. The highest BCUT2D eigenvalue weighted by Crippen LogP contribution is 2.24. The molecule has 1 aromatic heterocycles. The van der Waals surface area contributed by atoms with Crippen LogP contribution in [0.3, 0.4) is 0 Å². The van der Waals surface area contributed by atoms with Gasteiger partial charge in [0.1, 0.15) is 5.69 Å². The number of rotatable bonds is 7. The van der Waals surface area contributed by atoms with Crippen molar-refractivity contribution < 1.29 is 4.79 Å². The van der Waals surface area contributed by atoms with Crippen molar-refractivity contribution in [1.29, 1.82) is 0 Å².